The van der Waals surface area contributed by atoms with Crippen molar-refractivity contribution in [3.8, 4) is 5.75 Å². The predicted molar refractivity (Wildman–Crippen MR) is 65.9 cm³/mol. The van der Waals surface area contributed by atoms with Crippen LogP contribution in [-0.4, -0.2) is 28.3 Å². The molecule has 1 aromatic carbocycles. The van der Waals surface area contributed by atoms with Crippen LogP contribution in [0.15, 0.2) is 24.3 Å². The van der Waals surface area contributed by atoms with Crippen molar-refractivity contribution in [3.05, 3.63) is 35.5 Å². The molecular formula is C13H13NO4. The number of benzene rings is 1. The summed E-state index contributed by atoms with van der Waals surface area (Å²) in [5, 5.41) is 19.1. The fraction of sp³-hybridized carbons (Fsp3) is 0.231. The van der Waals surface area contributed by atoms with E-state index in [1.165, 1.54) is 19.2 Å². The van der Waals surface area contributed by atoms with Gasteiger partial charge in [-0.3, -0.25) is 0 Å². The Morgan fingerprint density at radius 2 is 2.11 bits per heavy atom. The number of ether oxygens (including phenoxy) is 1. The standard InChI is InChI=1S/C13H13NO4/c1-7(15)10-4-3-8-5-9(13(16)17)6-11(18-2)12(8)14-10/h3-7,15H,1-2H3,(H,16,17). The van der Waals surface area contributed by atoms with Crippen LogP contribution in [0.2, 0.25) is 0 Å². The molecule has 2 rings (SSSR count). The molecule has 18 heavy (non-hydrogen) atoms. The Kier molecular flexibility index (Phi) is 3.16. The lowest BCUT2D eigenvalue weighted by molar-refractivity contribution is 0.0696. The van der Waals surface area contributed by atoms with Crippen LogP contribution < -0.4 is 4.74 Å². The fourth-order valence-corrected chi connectivity index (χ4v) is 1.73. The molecule has 1 aromatic heterocycles. The van der Waals surface area contributed by atoms with Crippen molar-refractivity contribution in [2.75, 3.05) is 7.11 Å². The zero-order valence-corrected chi connectivity index (χ0v) is 10.0. The van der Waals surface area contributed by atoms with Crippen LogP contribution in [0.3, 0.4) is 0 Å². The SMILES string of the molecule is COc1cc(C(=O)O)cc2ccc(C(C)O)nc12. The van der Waals surface area contributed by atoms with E-state index >= 15 is 0 Å². The number of pyridine rings is 1. The number of carbonyl (C=O) groups is 1. The van der Waals surface area contributed by atoms with Crippen molar-refractivity contribution in [1.82, 2.24) is 4.98 Å². The maximum Gasteiger partial charge on any atom is 0.335 e. The Labute approximate surface area is 104 Å². The topological polar surface area (TPSA) is 79.7 Å². The molecule has 5 heteroatoms. The lowest BCUT2D eigenvalue weighted by Crippen LogP contribution is -2.00. The number of aromatic nitrogens is 1. The van der Waals surface area contributed by atoms with Gasteiger partial charge >= 0.3 is 5.97 Å². The highest BCUT2D eigenvalue weighted by Crippen LogP contribution is 2.27. The molecule has 5 nitrogen and oxygen atoms in total. The van der Waals surface area contributed by atoms with Gasteiger partial charge < -0.3 is 14.9 Å². The lowest BCUT2D eigenvalue weighted by Gasteiger charge is -2.09. The summed E-state index contributed by atoms with van der Waals surface area (Å²) < 4.78 is 5.15. The van der Waals surface area contributed by atoms with Crippen molar-refractivity contribution in [2.45, 2.75) is 13.0 Å². The summed E-state index contributed by atoms with van der Waals surface area (Å²) in [4.78, 5) is 15.2. The summed E-state index contributed by atoms with van der Waals surface area (Å²) in [6.45, 7) is 1.62. The van der Waals surface area contributed by atoms with E-state index in [9.17, 15) is 9.90 Å². The van der Waals surface area contributed by atoms with Gasteiger partial charge in [-0.05, 0) is 25.1 Å². The molecule has 0 aliphatic rings. The molecule has 0 radical (unpaired) electrons. The number of carboxylic acid groups (broad SMARTS) is 1. The highest BCUT2D eigenvalue weighted by molar-refractivity contribution is 5.96. The molecule has 0 amide bonds. The molecular weight excluding hydrogens is 234 g/mol. The largest absolute Gasteiger partial charge is 0.494 e. The molecule has 0 bridgehead atoms. The number of carboxylic acids is 1. The predicted octanol–water partition coefficient (Wildman–Crippen LogP) is 1.99. The van der Waals surface area contributed by atoms with Gasteiger partial charge in [-0.2, -0.15) is 0 Å². The number of rotatable bonds is 3. The van der Waals surface area contributed by atoms with E-state index < -0.39 is 12.1 Å². The van der Waals surface area contributed by atoms with Gasteiger partial charge in [0, 0.05) is 5.39 Å². The molecule has 0 saturated carbocycles. The Balaban J connectivity index is 2.71. The van der Waals surface area contributed by atoms with Gasteiger partial charge in [-0.15, -0.1) is 0 Å². The number of aliphatic hydroxyl groups excluding tert-OH is 1. The van der Waals surface area contributed by atoms with Crippen LogP contribution >= 0.6 is 0 Å². The first-order valence-corrected chi connectivity index (χ1v) is 5.43. The third-order valence-electron chi connectivity index (χ3n) is 2.67. The molecule has 0 aliphatic heterocycles. The maximum absolute atomic E-state index is 11.0. The summed E-state index contributed by atoms with van der Waals surface area (Å²) >= 11 is 0. The Morgan fingerprint density at radius 3 is 2.67 bits per heavy atom. The van der Waals surface area contributed by atoms with Gasteiger partial charge in [0.15, 0.2) is 0 Å². The summed E-state index contributed by atoms with van der Waals surface area (Å²) in [6.07, 6.45) is -0.682. The quantitative estimate of drug-likeness (QED) is 0.867. The zero-order chi connectivity index (χ0) is 13.3. The summed E-state index contributed by atoms with van der Waals surface area (Å²) in [7, 11) is 1.46. The van der Waals surface area contributed by atoms with Crippen LogP contribution in [0, 0.1) is 0 Å². The molecule has 0 aliphatic carbocycles. The molecule has 0 fully saturated rings. The molecule has 2 N–H and O–H groups in total. The molecule has 0 saturated heterocycles. The van der Waals surface area contributed by atoms with Crippen LogP contribution in [0.5, 0.6) is 5.75 Å². The second-order valence-electron chi connectivity index (χ2n) is 3.97. The minimum absolute atomic E-state index is 0.144. The zero-order valence-electron chi connectivity index (χ0n) is 10.0. The van der Waals surface area contributed by atoms with E-state index in [-0.39, 0.29) is 5.56 Å². The summed E-state index contributed by atoms with van der Waals surface area (Å²) in [6, 6.07) is 6.33. The van der Waals surface area contributed by atoms with Gasteiger partial charge in [-0.1, -0.05) is 6.07 Å². The molecule has 1 unspecified atom stereocenters. The number of hydrogen-bond donors (Lipinski definition) is 2. The van der Waals surface area contributed by atoms with Crippen LogP contribution in [0.25, 0.3) is 10.9 Å². The van der Waals surface area contributed by atoms with Crippen molar-refractivity contribution in [1.29, 1.82) is 0 Å². The molecule has 94 valence electrons. The van der Waals surface area contributed by atoms with Crippen LogP contribution in [0.1, 0.15) is 29.1 Å². The first-order valence-electron chi connectivity index (χ1n) is 5.43. The average molecular weight is 247 g/mol. The number of methoxy groups -OCH3 is 1. The summed E-state index contributed by atoms with van der Waals surface area (Å²) in [5.74, 6) is -0.637. The van der Waals surface area contributed by atoms with E-state index in [0.29, 0.717) is 22.3 Å². The minimum atomic E-state index is -1.02. The number of aromatic carboxylic acids is 1. The van der Waals surface area contributed by atoms with Gasteiger partial charge in [-0.25, -0.2) is 9.78 Å². The lowest BCUT2D eigenvalue weighted by atomic mass is 10.1. The van der Waals surface area contributed by atoms with E-state index in [4.69, 9.17) is 9.84 Å². The Hall–Kier alpha value is -2.14. The smallest absolute Gasteiger partial charge is 0.335 e. The molecule has 0 spiro atoms. The normalized spacial score (nSPS) is 12.4. The summed E-state index contributed by atoms with van der Waals surface area (Å²) in [5.41, 5.74) is 1.20. The second kappa shape index (κ2) is 4.62. The monoisotopic (exact) mass is 247 g/mol. The highest BCUT2D eigenvalue weighted by atomic mass is 16.5. The fourth-order valence-electron chi connectivity index (χ4n) is 1.73. The van der Waals surface area contributed by atoms with E-state index in [1.54, 1.807) is 19.1 Å². The molecule has 1 heterocycles. The van der Waals surface area contributed by atoms with Gasteiger partial charge in [0.05, 0.1) is 24.5 Å². The second-order valence-corrected chi connectivity index (χ2v) is 3.97. The minimum Gasteiger partial charge on any atom is -0.494 e. The average Bonchev–Trinajstić information content (AvgIpc) is 2.36. The van der Waals surface area contributed by atoms with Crippen LogP contribution in [-0.2, 0) is 0 Å². The maximum atomic E-state index is 11.0. The molecule has 1 atom stereocenters. The van der Waals surface area contributed by atoms with Gasteiger partial charge in [0.1, 0.15) is 11.3 Å². The highest BCUT2D eigenvalue weighted by Gasteiger charge is 2.12. The number of aliphatic hydroxyl groups is 1. The third-order valence-corrected chi connectivity index (χ3v) is 2.67. The first-order chi connectivity index (χ1) is 8.52. The van der Waals surface area contributed by atoms with Crippen molar-refractivity contribution >= 4 is 16.9 Å². The first kappa shape index (κ1) is 12.3. The Bertz CT molecular complexity index is 607. The van der Waals surface area contributed by atoms with E-state index in [1.807, 2.05) is 0 Å². The number of nitrogens with zero attached hydrogens (tertiary/aromatic N) is 1. The van der Waals surface area contributed by atoms with E-state index in [2.05, 4.69) is 4.98 Å². The Morgan fingerprint density at radius 1 is 1.39 bits per heavy atom. The number of fused-ring (bicyclic) bond motifs is 1. The number of hydrogen-bond acceptors (Lipinski definition) is 4. The van der Waals surface area contributed by atoms with Gasteiger partial charge in [0.25, 0.3) is 0 Å². The van der Waals surface area contributed by atoms with Crippen molar-refractivity contribution in [3.63, 3.8) is 0 Å². The van der Waals surface area contributed by atoms with Crippen molar-refractivity contribution in [2.24, 2.45) is 0 Å². The van der Waals surface area contributed by atoms with Crippen LogP contribution in [0.4, 0.5) is 0 Å². The van der Waals surface area contributed by atoms with Gasteiger partial charge in [0.2, 0.25) is 0 Å². The van der Waals surface area contributed by atoms with Crippen molar-refractivity contribution < 1.29 is 19.7 Å². The molecule has 2 aromatic rings. The third kappa shape index (κ3) is 2.12. The van der Waals surface area contributed by atoms with E-state index in [0.717, 1.165) is 0 Å².